The zero-order valence-corrected chi connectivity index (χ0v) is 21.1. The van der Waals surface area contributed by atoms with Gasteiger partial charge in [-0.2, -0.15) is 8.61 Å². The Morgan fingerprint density at radius 2 is 0.909 bits per heavy atom. The van der Waals surface area contributed by atoms with Gasteiger partial charge in [-0.1, -0.05) is 35.4 Å². The van der Waals surface area contributed by atoms with Crippen LogP contribution in [0.3, 0.4) is 0 Å². The molecule has 2 aromatic rings. The highest BCUT2D eigenvalue weighted by Gasteiger charge is 2.33. The lowest BCUT2D eigenvalue weighted by molar-refractivity contribution is 0.195. The minimum Gasteiger partial charge on any atom is -0.207 e. The second kappa shape index (κ2) is 9.86. The maximum atomic E-state index is 12.9. The molecule has 2 heterocycles. The van der Waals surface area contributed by atoms with Crippen LogP contribution >= 0.6 is 0 Å². The lowest BCUT2D eigenvalue weighted by Crippen LogP contribution is -2.41. The summed E-state index contributed by atoms with van der Waals surface area (Å²) in [6, 6.07) is 14.1. The Balaban J connectivity index is 1.27. The number of sulfonamides is 2. The molecular weight excluding hydrogens is 456 g/mol. The number of hydrogen-bond acceptors (Lipinski definition) is 4. The maximum absolute atomic E-state index is 12.9. The molecule has 6 nitrogen and oxygen atoms in total. The molecule has 0 saturated carbocycles. The van der Waals surface area contributed by atoms with Crippen LogP contribution in [-0.2, 0) is 20.0 Å². The van der Waals surface area contributed by atoms with E-state index in [-0.39, 0.29) is 0 Å². The SMILES string of the molecule is Cc1ccc(S(=O)(=O)N2CCC(CC3CCN(S(=O)(=O)c4ccc(C)cc4)CC3)CC2)cc1. The van der Waals surface area contributed by atoms with Crippen molar-refractivity contribution in [3.05, 3.63) is 59.7 Å². The molecule has 8 heteroatoms. The van der Waals surface area contributed by atoms with E-state index < -0.39 is 20.0 Å². The summed E-state index contributed by atoms with van der Waals surface area (Å²) in [4.78, 5) is 0.738. The van der Waals surface area contributed by atoms with E-state index in [0.717, 1.165) is 43.2 Å². The predicted molar refractivity (Wildman–Crippen MR) is 130 cm³/mol. The Morgan fingerprint density at radius 1 is 0.606 bits per heavy atom. The van der Waals surface area contributed by atoms with Gasteiger partial charge in [-0.3, -0.25) is 0 Å². The normalized spacial score (nSPS) is 20.2. The second-order valence-electron chi connectivity index (χ2n) is 9.56. The van der Waals surface area contributed by atoms with Gasteiger partial charge in [-0.05, 0) is 82.1 Å². The van der Waals surface area contributed by atoms with Gasteiger partial charge in [0.2, 0.25) is 20.0 Å². The first-order valence-electron chi connectivity index (χ1n) is 11.8. The molecule has 0 N–H and O–H groups in total. The van der Waals surface area contributed by atoms with Crippen molar-refractivity contribution < 1.29 is 16.8 Å². The number of piperidine rings is 2. The first-order valence-corrected chi connectivity index (χ1v) is 14.7. The van der Waals surface area contributed by atoms with Gasteiger partial charge in [-0.15, -0.1) is 0 Å². The molecule has 33 heavy (non-hydrogen) atoms. The smallest absolute Gasteiger partial charge is 0.207 e. The fraction of sp³-hybridized carbons (Fsp3) is 0.520. The van der Waals surface area contributed by atoms with E-state index in [0.29, 0.717) is 47.8 Å². The van der Waals surface area contributed by atoms with Crippen LogP contribution in [0.2, 0.25) is 0 Å². The van der Waals surface area contributed by atoms with Gasteiger partial charge in [0, 0.05) is 26.2 Å². The Hall–Kier alpha value is -1.74. The second-order valence-corrected chi connectivity index (χ2v) is 13.4. The molecule has 0 atom stereocenters. The van der Waals surface area contributed by atoms with Crippen molar-refractivity contribution in [2.24, 2.45) is 11.8 Å². The third-order valence-electron chi connectivity index (χ3n) is 7.13. The van der Waals surface area contributed by atoms with Crippen LogP contribution in [0, 0.1) is 25.7 Å². The van der Waals surface area contributed by atoms with Crippen LogP contribution in [0.5, 0.6) is 0 Å². The van der Waals surface area contributed by atoms with Crippen LogP contribution in [0.1, 0.15) is 43.2 Å². The molecule has 0 aromatic heterocycles. The Labute approximate surface area is 198 Å². The van der Waals surface area contributed by atoms with Crippen molar-refractivity contribution in [1.82, 2.24) is 8.61 Å². The van der Waals surface area contributed by atoms with Gasteiger partial charge in [0.05, 0.1) is 9.79 Å². The molecule has 2 aromatic carbocycles. The fourth-order valence-electron chi connectivity index (χ4n) is 4.96. The Bertz CT molecular complexity index is 1050. The summed E-state index contributed by atoms with van der Waals surface area (Å²) in [6.07, 6.45) is 4.52. The number of nitrogens with zero attached hydrogens (tertiary/aromatic N) is 2. The number of rotatable bonds is 6. The van der Waals surface area contributed by atoms with Gasteiger partial charge in [0.15, 0.2) is 0 Å². The van der Waals surface area contributed by atoms with Gasteiger partial charge < -0.3 is 0 Å². The summed E-state index contributed by atoms with van der Waals surface area (Å²) in [5.41, 5.74) is 2.09. The largest absolute Gasteiger partial charge is 0.243 e. The quantitative estimate of drug-likeness (QED) is 0.608. The number of aryl methyl sites for hydroxylation is 2. The van der Waals surface area contributed by atoms with Gasteiger partial charge in [0.25, 0.3) is 0 Å². The van der Waals surface area contributed by atoms with E-state index in [1.165, 1.54) is 0 Å². The van der Waals surface area contributed by atoms with E-state index in [1.807, 2.05) is 38.1 Å². The summed E-state index contributed by atoms with van der Waals surface area (Å²) in [5.74, 6) is 0.999. The average Bonchev–Trinajstić information content (AvgIpc) is 2.80. The molecule has 2 aliphatic heterocycles. The highest BCUT2D eigenvalue weighted by Crippen LogP contribution is 2.33. The summed E-state index contributed by atoms with van der Waals surface area (Å²) >= 11 is 0. The highest BCUT2D eigenvalue weighted by atomic mass is 32.2. The molecule has 0 bridgehead atoms. The van der Waals surface area contributed by atoms with Crippen molar-refractivity contribution in [3.63, 3.8) is 0 Å². The van der Waals surface area contributed by atoms with Gasteiger partial charge >= 0.3 is 0 Å². The molecule has 4 rings (SSSR count). The van der Waals surface area contributed by atoms with Gasteiger partial charge in [-0.25, -0.2) is 16.8 Å². The molecule has 2 aliphatic rings. The van der Waals surface area contributed by atoms with Crippen LogP contribution < -0.4 is 0 Å². The zero-order chi connectivity index (χ0) is 23.6. The molecule has 0 unspecified atom stereocenters. The first kappa shape index (κ1) is 24.4. The molecular formula is C25H34N2O4S2. The maximum Gasteiger partial charge on any atom is 0.243 e. The molecule has 2 saturated heterocycles. The molecule has 2 fully saturated rings. The standard InChI is InChI=1S/C25H34N2O4S2/c1-20-3-7-24(8-4-20)32(28,29)26-15-11-22(12-16-26)19-23-13-17-27(18-14-23)33(30,31)25-9-5-21(2)6-10-25/h3-10,22-23H,11-19H2,1-2H3. The van der Waals surface area contributed by atoms with E-state index in [4.69, 9.17) is 0 Å². The lowest BCUT2D eigenvalue weighted by atomic mass is 9.83. The Kier molecular flexibility index (Phi) is 7.29. The highest BCUT2D eigenvalue weighted by molar-refractivity contribution is 7.89. The van der Waals surface area contributed by atoms with Crippen molar-refractivity contribution in [3.8, 4) is 0 Å². The third-order valence-corrected chi connectivity index (χ3v) is 11.0. The van der Waals surface area contributed by atoms with E-state index in [1.54, 1.807) is 32.9 Å². The van der Waals surface area contributed by atoms with Crippen molar-refractivity contribution in [2.75, 3.05) is 26.2 Å². The minimum absolute atomic E-state index is 0.369. The van der Waals surface area contributed by atoms with Crippen LogP contribution in [0.25, 0.3) is 0 Å². The average molecular weight is 491 g/mol. The monoisotopic (exact) mass is 490 g/mol. The summed E-state index contributed by atoms with van der Waals surface area (Å²) in [6.45, 7) is 6.13. The minimum atomic E-state index is -3.43. The van der Waals surface area contributed by atoms with Crippen LogP contribution in [0.15, 0.2) is 58.3 Å². The van der Waals surface area contributed by atoms with Gasteiger partial charge in [0.1, 0.15) is 0 Å². The summed E-state index contributed by atoms with van der Waals surface area (Å²) in [5, 5.41) is 0. The van der Waals surface area contributed by atoms with Crippen molar-refractivity contribution >= 4 is 20.0 Å². The predicted octanol–water partition coefficient (Wildman–Crippen LogP) is 4.20. The van der Waals surface area contributed by atoms with E-state index >= 15 is 0 Å². The molecule has 0 spiro atoms. The molecule has 0 radical (unpaired) electrons. The topological polar surface area (TPSA) is 74.8 Å². The summed E-state index contributed by atoms with van der Waals surface area (Å²) < 4.78 is 54.9. The van der Waals surface area contributed by atoms with E-state index in [9.17, 15) is 16.8 Å². The van der Waals surface area contributed by atoms with Crippen molar-refractivity contribution in [1.29, 1.82) is 0 Å². The van der Waals surface area contributed by atoms with Crippen molar-refractivity contribution in [2.45, 2.75) is 55.7 Å². The first-order chi connectivity index (χ1) is 15.7. The number of benzene rings is 2. The lowest BCUT2D eigenvalue weighted by Gasteiger charge is -2.36. The molecule has 180 valence electrons. The molecule has 0 amide bonds. The molecule has 0 aliphatic carbocycles. The summed E-state index contributed by atoms with van der Waals surface area (Å²) in [7, 11) is -6.86. The Morgan fingerprint density at radius 3 is 1.21 bits per heavy atom. The van der Waals surface area contributed by atoms with Crippen LogP contribution in [-0.4, -0.2) is 51.6 Å². The van der Waals surface area contributed by atoms with Crippen LogP contribution in [0.4, 0.5) is 0 Å². The van der Waals surface area contributed by atoms with E-state index in [2.05, 4.69) is 0 Å². The number of hydrogen-bond donors (Lipinski definition) is 0. The third kappa shape index (κ3) is 5.50. The fourth-order valence-corrected chi connectivity index (χ4v) is 7.90. The zero-order valence-electron chi connectivity index (χ0n) is 19.5.